The van der Waals surface area contributed by atoms with Crippen LogP contribution in [0.4, 0.5) is 0 Å². The Morgan fingerprint density at radius 3 is 2.19 bits per heavy atom. The fourth-order valence-electron chi connectivity index (χ4n) is 2.99. The Balaban J connectivity index is 1.95. The van der Waals surface area contributed by atoms with Crippen LogP contribution >= 0.6 is 22.6 Å². The lowest BCUT2D eigenvalue weighted by Crippen LogP contribution is -2.13. The summed E-state index contributed by atoms with van der Waals surface area (Å²) in [5.41, 5.74) is 2.15. The van der Waals surface area contributed by atoms with E-state index in [2.05, 4.69) is 22.6 Å². The van der Waals surface area contributed by atoms with Crippen LogP contribution in [-0.2, 0) is 6.61 Å². The number of hydrogen-bond donors (Lipinski definition) is 0. The van der Waals surface area contributed by atoms with Gasteiger partial charge in [0.05, 0.1) is 21.3 Å². The van der Waals surface area contributed by atoms with Crippen LogP contribution in [0.25, 0.3) is 0 Å². The van der Waals surface area contributed by atoms with Crippen molar-refractivity contribution in [2.24, 2.45) is 0 Å². The van der Waals surface area contributed by atoms with Crippen LogP contribution in [0.5, 0.6) is 28.7 Å². The van der Waals surface area contributed by atoms with E-state index in [1.54, 1.807) is 32.4 Å². The third kappa shape index (κ3) is 5.41. The second-order valence-electron chi connectivity index (χ2n) is 6.64. The molecule has 0 heterocycles. The van der Waals surface area contributed by atoms with E-state index in [4.69, 9.17) is 23.7 Å². The van der Waals surface area contributed by atoms with Gasteiger partial charge in [0.15, 0.2) is 11.5 Å². The molecular weight excluding hydrogens is 511 g/mol. The van der Waals surface area contributed by atoms with Gasteiger partial charge in [0, 0.05) is 9.64 Å². The van der Waals surface area contributed by atoms with Crippen molar-refractivity contribution in [1.29, 1.82) is 0 Å². The first-order valence-corrected chi connectivity index (χ1v) is 10.5. The maximum absolute atomic E-state index is 13.1. The molecule has 0 aliphatic heterocycles. The molecule has 0 saturated carbocycles. The number of esters is 1. The van der Waals surface area contributed by atoms with Crippen molar-refractivity contribution in [3.8, 4) is 28.7 Å². The van der Waals surface area contributed by atoms with Gasteiger partial charge in [-0.25, -0.2) is 4.79 Å². The van der Waals surface area contributed by atoms with Crippen LogP contribution in [0, 0.1) is 10.5 Å². The SMILES string of the molecule is COc1cc(I)c(C(=O)Oc2cc(C)cc(OC)c2OCc2ccccc2)c(OC)c1. The van der Waals surface area contributed by atoms with Crippen molar-refractivity contribution in [2.75, 3.05) is 21.3 Å². The standard InChI is InChI=1S/C24H23IO6/c1-15-10-20(29-4)23(30-14-16-8-6-5-7-9-16)21(11-15)31-24(26)22-18(25)12-17(27-2)13-19(22)28-3/h5-13H,14H2,1-4H3. The molecule has 0 spiro atoms. The predicted molar refractivity (Wildman–Crippen MR) is 126 cm³/mol. The summed E-state index contributed by atoms with van der Waals surface area (Å²) < 4.78 is 28.5. The molecule has 0 unspecified atom stereocenters. The van der Waals surface area contributed by atoms with Crippen LogP contribution in [0.3, 0.4) is 0 Å². The highest BCUT2D eigenvalue weighted by molar-refractivity contribution is 14.1. The molecule has 0 bridgehead atoms. The molecule has 0 aliphatic carbocycles. The molecule has 3 aromatic carbocycles. The molecule has 0 aliphatic rings. The molecule has 6 nitrogen and oxygen atoms in total. The molecule has 162 valence electrons. The summed E-state index contributed by atoms with van der Waals surface area (Å²) in [6.07, 6.45) is 0. The zero-order valence-corrected chi connectivity index (χ0v) is 19.9. The topological polar surface area (TPSA) is 63.2 Å². The van der Waals surface area contributed by atoms with Gasteiger partial charge in [-0.15, -0.1) is 0 Å². The lowest BCUT2D eigenvalue weighted by Gasteiger charge is -2.17. The van der Waals surface area contributed by atoms with Crippen molar-refractivity contribution in [3.63, 3.8) is 0 Å². The van der Waals surface area contributed by atoms with Gasteiger partial charge in [-0.05, 0) is 58.8 Å². The number of aryl methyl sites for hydroxylation is 1. The molecule has 0 radical (unpaired) electrons. The van der Waals surface area contributed by atoms with Crippen LogP contribution in [0.15, 0.2) is 54.6 Å². The molecule has 0 N–H and O–H groups in total. The summed E-state index contributed by atoms with van der Waals surface area (Å²) in [5, 5.41) is 0. The van der Waals surface area contributed by atoms with Gasteiger partial charge in [-0.2, -0.15) is 0 Å². The van der Waals surface area contributed by atoms with Gasteiger partial charge in [0.2, 0.25) is 5.75 Å². The maximum atomic E-state index is 13.1. The molecule has 31 heavy (non-hydrogen) atoms. The third-order valence-corrected chi connectivity index (χ3v) is 5.35. The summed E-state index contributed by atoms with van der Waals surface area (Å²) in [6, 6.07) is 16.7. The van der Waals surface area contributed by atoms with Crippen molar-refractivity contribution in [3.05, 3.63) is 74.9 Å². The molecule has 0 saturated heterocycles. The van der Waals surface area contributed by atoms with Crippen molar-refractivity contribution in [2.45, 2.75) is 13.5 Å². The maximum Gasteiger partial charge on any atom is 0.348 e. The summed E-state index contributed by atoms with van der Waals surface area (Å²) in [4.78, 5) is 13.1. The van der Waals surface area contributed by atoms with Crippen molar-refractivity contribution >= 4 is 28.6 Å². The zero-order valence-electron chi connectivity index (χ0n) is 17.7. The van der Waals surface area contributed by atoms with E-state index in [9.17, 15) is 4.79 Å². The smallest absolute Gasteiger partial charge is 0.348 e. The average Bonchev–Trinajstić information content (AvgIpc) is 2.77. The number of carbonyl (C=O) groups is 1. The van der Waals surface area contributed by atoms with Crippen LogP contribution in [0.2, 0.25) is 0 Å². The molecule has 0 amide bonds. The minimum absolute atomic E-state index is 0.270. The van der Waals surface area contributed by atoms with E-state index in [0.717, 1.165) is 11.1 Å². The van der Waals surface area contributed by atoms with Gasteiger partial charge in [0.1, 0.15) is 23.7 Å². The molecule has 0 atom stereocenters. The Morgan fingerprint density at radius 1 is 0.871 bits per heavy atom. The van der Waals surface area contributed by atoms with Crippen molar-refractivity contribution in [1.82, 2.24) is 0 Å². The first kappa shape index (κ1) is 22.7. The normalized spacial score (nSPS) is 10.4. The average molecular weight is 534 g/mol. The zero-order chi connectivity index (χ0) is 22.4. The number of methoxy groups -OCH3 is 3. The first-order chi connectivity index (χ1) is 15.0. The third-order valence-electron chi connectivity index (χ3n) is 4.50. The van der Waals surface area contributed by atoms with E-state index in [1.165, 1.54) is 7.11 Å². The molecule has 7 heteroatoms. The molecule has 0 fully saturated rings. The first-order valence-electron chi connectivity index (χ1n) is 9.45. The predicted octanol–water partition coefficient (Wildman–Crippen LogP) is 5.42. The van der Waals surface area contributed by atoms with E-state index < -0.39 is 5.97 Å². The van der Waals surface area contributed by atoms with E-state index in [0.29, 0.717) is 38.7 Å². The van der Waals surface area contributed by atoms with E-state index in [1.807, 2.05) is 43.3 Å². The fourth-order valence-corrected chi connectivity index (χ4v) is 3.79. The van der Waals surface area contributed by atoms with Gasteiger partial charge in [0.25, 0.3) is 0 Å². The Labute approximate surface area is 195 Å². The molecule has 3 rings (SSSR count). The summed E-state index contributed by atoms with van der Waals surface area (Å²) in [6.45, 7) is 2.19. The minimum Gasteiger partial charge on any atom is -0.497 e. The summed E-state index contributed by atoms with van der Waals surface area (Å²) in [7, 11) is 4.59. The highest BCUT2D eigenvalue weighted by Crippen LogP contribution is 2.40. The van der Waals surface area contributed by atoms with Crippen LogP contribution < -0.4 is 23.7 Å². The number of carbonyl (C=O) groups excluding carboxylic acids is 1. The monoisotopic (exact) mass is 534 g/mol. The number of ether oxygens (including phenoxy) is 5. The minimum atomic E-state index is -0.568. The van der Waals surface area contributed by atoms with Gasteiger partial charge >= 0.3 is 5.97 Å². The second kappa shape index (κ2) is 10.4. The number of hydrogen-bond acceptors (Lipinski definition) is 6. The van der Waals surface area contributed by atoms with Crippen LogP contribution in [-0.4, -0.2) is 27.3 Å². The number of rotatable bonds is 8. The molecular formula is C24H23IO6. The Bertz CT molecular complexity index is 1070. The number of halogens is 1. The van der Waals surface area contributed by atoms with Gasteiger partial charge in [-0.3, -0.25) is 0 Å². The van der Waals surface area contributed by atoms with E-state index >= 15 is 0 Å². The van der Waals surface area contributed by atoms with Gasteiger partial charge < -0.3 is 23.7 Å². The largest absolute Gasteiger partial charge is 0.497 e. The Morgan fingerprint density at radius 2 is 1.55 bits per heavy atom. The molecule has 3 aromatic rings. The summed E-state index contributed by atoms with van der Waals surface area (Å²) in [5.74, 6) is 1.48. The lowest BCUT2D eigenvalue weighted by molar-refractivity contribution is 0.0722. The second-order valence-corrected chi connectivity index (χ2v) is 7.81. The highest BCUT2D eigenvalue weighted by Gasteiger charge is 2.23. The summed E-state index contributed by atoms with van der Waals surface area (Å²) >= 11 is 2.05. The molecule has 0 aromatic heterocycles. The highest BCUT2D eigenvalue weighted by atomic mass is 127. The van der Waals surface area contributed by atoms with Crippen molar-refractivity contribution < 1.29 is 28.5 Å². The number of benzene rings is 3. The van der Waals surface area contributed by atoms with Gasteiger partial charge in [-0.1, -0.05) is 30.3 Å². The Hall–Kier alpha value is -2.94. The Kier molecular flexibility index (Phi) is 7.62. The van der Waals surface area contributed by atoms with Crippen LogP contribution in [0.1, 0.15) is 21.5 Å². The quantitative estimate of drug-likeness (QED) is 0.219. The van der Waals surface area contributed by atoms with E-state index in [-0.39, 0.29) is 5.75 Å². The lowest BCUT2D eigenvalue weighted by atomic mass is 10.1. The fraction of sp³-hybridized carbons (Fsp3) is 0.208.